The molecule has 1 aliphatic rings. The van der Waals surface area contributed by atoms with Crippen molar-refractivity contribution in [3.63, 3.8) is 0 Å². The summed E-state index contributed by atoms with van der Waals surface area (Å²) in [7, 11) is -8.97. The third-order valence-electron chi connectivity index (χ3n) is 3.93. The molecular formula is C15H31BrO4SSi4. The Bertz CT molecular complexity index is 572. The first-order valence-corrected chi connectivity index (χ1v) is 21.5. The Hall–Kier alpha value is 0.888. The maximum Gasteiger partial charge on any atom is 0.317 e. The highest BCUT2D eigenvalue weighted by molar-refractivity contribution is 9.11. The van der Waals surface area contributed by atoms with Gasteiger partial charge in [-0.05, 0) is 97.7 Å². The highest BCUT2D eigenvalue weighted by Gasteiger charge is 2.52. The molecule has 25 heavy (non-hydrogen) atoms. The van der Waals surface area contributed by atoms with E-state index in [1.807, 2.05) is 0 Å². The highest BCUT2D eigenvalue weighted by Crippen LogP contribution is 2.33. The van der Waals surface area contributed by atoms with Crippen molar-refractivity contribution in [3.05, 3.63) is 20.8 Å². The van der Waals surface area contributed by atoms with Crippen molar-refractivity contribution in [2.75, 3.05) is 0 Å². The summed E-state index contributed by atoms with van der Waals surface area (Å²) in [5.74, 6) is 0. The van der Waals surface area contributed by atoms with E-state index in [1.54, 1.807) is 11.3 Å². The molecule has 0 spiro atoms. The van der Waals surface area contributed by atoms with Crippen LogP contribution < -0.4 is 0 Å². The van der Waals surface area contributed by atoms with Crippen LogP contribution in [0, 0.1) is 0 Å². The lowest BCUT2D eigenvalue weighted by Crippen LogP contribution is -2.65. The molecule has 0 saturated carbocycles. The van der Waals surface area contributed by atoms with E-state index < -0.39 is 34.2 Å². The summed E-state index contributed by atoms with van der Waals surface area (Å²) in [5, 5.41) is 2.14. The van der Waals surface area contributed by atoms with Gasteiger partial charge in [0.2, 0.25) is 0 Å². The molecule has 0 radical (unpaired) electrons. The molecule has 0 amide bonds. The quantitative estimate of drug-likeness (QED) is 0.363. The number of hydrogen-bond acceptors (Lipinski definition) is 5. The topological polar surface area (TPSA) is 36.9 Å². The standard InChI is InChI=1S/C15H31BrO4SSi4/c1-22(2)17-23(3,4)19-25(7,20-24(5,6)18-22)13-9-8-10-14-11-12-21-15(14)16/h11-12H,8-10,13H2,1-7H3. The first kappa shape index (κ1) is 22.2. The van der Waals surface area contributed by atoms with Gasteiger partial charge in [0, 0.05) is 0 Å². The molecule has 144 valence electrons. The molecule has 0 aromatic carbocycles. The minimum atomic E-state index is -2.30. The number of halogens is 1. The maximum atomic E-state index is 6.61. The van der Waals surface area contributed by atoms with E-state index >= 15 is 0 Å². The lowest BCUT2D eigenvalue weighted by molar-refractivity contribution is 0.233. The Labute approximate surface area is 169 Å². The second kappa shape index (κ2) is 8.09. The SMILES string of the molecule is C[Si]1(C)O[Si](C)(C)O[Si](C)(CCCCc2ccsc2Br)O[Si](C)(C)O1. The van der Waals surface area contributed by atoms with Gasteiger partial charge in [-0.1, -0.05) is 6.42 Å². The van der Waals surface area contributed by atoms with Crippen molar-refractivity contribution in [1.29, 1.82) is 0 Å². The predicted molar refractivity (Wildman–Crippen MR) is 118 cm³/mol. The number of thiophene rings is 1. The Morgan fingerprint density at radius 3 is 1.84 bits per heavy atom. The molecule has 2 heterocycles. The summed E-state index contributed by atoms with van der Waals surface area (Å²) in [6.45, 7) is 14.9. The fraction of sp³-hybridized carbons (Fsp3) is 0.733. The van der Waals surface area contributed by atoms with Crippen LogP contribution in [0.2, 0.25) is 51.9 Å². The fourth-order valence-electron chi connectivity index (χ4n) is 3.67. The van der Waals surface area contributed by atoms with Gasteiger partial charge in [0.1, 0.15) is 0 Å². The molecule has 1 aliphatic heterocycles. The van der Waals surface area contributed by atoms with Gasteiger partial charge >= 0.3 is 34.2 Å². The van der Waals surface area contributed by atoms with Gasteiger partial charge in [-0.25, -0.2) is 0 Å². The van der Waals surface area contributed by atoms with E-state index in [4.69, 9.17) is 16.5 Å². The molecule has 1 aromatic heterocycles. The average molecular weight is 500 g/mol. The monoisotopic (exact) mass is 498 g/mol. The largest absolute Gasteiger partial charge is 0.416 e. The molecule has 0 unspecified atom stereocenters. The van der Waals surface area contributed by atoms with Crippen LogP contribution in [-0.2, 0) is 22.9 Å². The van der Waals surface area contributed by atoms with Gasteiger partial charge in [-0.3, -0.25) is 0 Å². The zero-order chi connectivity index (χ0) is 18.9. The van der Waals surface area contributed by atoms with E-state index in [-0.39, 0.29) is 0 Å². The van der Waals surface area contributed by atoms with E-state index in [1.165, 1.54) is 9.35 Å². The van der Waals surface area contributed by atoms with E-state index in [9.17, 15) is 0 Å². The second-order valence-corrected chi connectivity index (χ2v) is 24.8. The van der Waals surface area contributed by atoms with Crippen LogP contribution in [0.1, 0.15) is 18.4 Å². The Kier molecular flexibility index (Phi) is 7.18. The molecule has 10 heteroatoms. The number of rotatable bonds is 5. The van der Waals surface area contributed by atoms with E-state index in [0.717, 1.165) is 25.3 Å². The van der Waals surface area contributed by atoms with Crippen molar-refractivity contribution in [2.24, 2.45) is 0 Å². The van der Waals surface area contributed by atoms with Crippen LogP contribution in [0.25, 0.3) is 0 Å². The van der Waals surface area contributed by atoms with Crippen LogP contribution in [0.4, 0.5) is 0 Å². The highest BCUT2D eigenvalue weighted by atomic mass is 79.9. The van der Waals surface area contributed by atoms with Crippen LogP contribution in [0.5, 0.6) is 0 Å². The van der Waals surface area contributed by atoms with Crippen LogP contribution in [-0.4, -0.2) is 34.2 Å². The predicted octanol–water partition coefficient (Wildman–Crippen LogP) is 6.09. The first-order chi connectivity index (χ1) is 11.3. The molecule has 4 nitrogen and oxygen atoms in total. The van der Waals surface area contributed by atoms with Crippen LogP contribution in [0.3, 0.4) is 0 Å². The molecule has 1 fully saturated rings. The van der Waals surface area contributed by atoms with Crippen molar-refractivity contribution < 1.29 is 16.5 Å². The summed E-state index contributed by atoms with van der Waals surface area (Å²) < 4.78 is 27.3. The second-order valence-electron chi connectivity index (χ2n) is 8.17. The van der Waals surface area contributed by atoms with Crippen molar-refractivity contribution >= 4 is 61.5 Å². The van der Waals surface area contributed by atoms with Gasteiger partial charge in [0.25, 0.3) is 0 Å². The van der Waals surface area contributed by atoms with E-state index in [2.05, 4.69) is 73.2 Å². The fourth-order valence-corrected chi connectivity index (χ4v) is 26.7. The molecule has 1 aromatic rings. The minimum Gasteiger partial charge on any atom is -0.416 e. The van der Waals surface area contributed by atoms with E-state index in [0.29, 0.717) is 0 Å². The smallest absolute Gasteiger partial charge is 0.317 e. The summed E-state index contributed by atoms with van der Waals surface area (Å²) in [6.07, 6.45) is 3.36. The molecule has 0 N–H and O–H groups in total. The zero-order valence-electron chi connectivity index (χ0n) is 16.4. The molecule has 0 aliphatic carbocycles. The Balaban J connectivity index is 1.99. The minimum absolute atomic E-state index is 0.996. The summed E-state index contributed by atoms with van der Waals surface area (Å²) in [4.78, 5) is 0. The van der Waals surface area contributed by atoms with Crippen LogP contribution in [0.15, 0.2) is 15.2 Å². The summed E-state index contributed by atoms with van der Waals surface area (Å²) in [5.41, 5.74) is 1.40. The average Bonchev–Trinajstić information content (AvgIpc) is 2.74. The lowest BCUT2D eigenvalue weighted by atomic mass is 10.2. The number of aryl methyl sites for hydroxylation is 1. The van der Waals surface area contributed by atoms with Crippen molar-refractivity contribution in [3.8, 4) is 0 Å². The van der Waals surface area contributed by atoms with Gasteiger partial charge in [0.05, 0.1) is 3.79 Å². The molecule has 2 rings (SSSR count). The summed E-state index contributed by atoms with van der Waals surface area (Å²) >= 11 is 5.38. The van der Waals surface area contributed by atoms with Crippen LogP contribution >= 0.6 is 27.3 Å². The van der Waals surface area contributed by atoms with Gasteiger partial charge in [0.15, 0.2) is 0 Å². The van der Waals surface area contributed by atoms with Gasteiger partial charge in [-0.2, -0.15) is 0 Å². The molecule has 1 saturated heterocycles. The molecule has 0 bridgehead atoms. The summed E-state index contributed by atoms with van der Waals surface area (Å²) in [6, 6.07) is 3.20. The Morgan fingerprint density at radius 2 is 1.36 bits per heavy atom. The number of hydrogen-bond donors (Lipinski definition) is 0. The van der Waals surface area contributed by atoms with Crippen molar-refractivity contribution in [2.45, 2.75) is 71.1 Å². The lowest BCUT2D eigenvalue weighted by Gasteiger charge is -2.47. The van der Waals surface area contributed by atoms with Gasteiger partial charge in [-0.15, -0.1) is 11.3 Å². The Morgan fingerprint density at radius 1 is 0.840 bits per heavy atom. The normalized spacial score (nSPS) is 24.5. The van der Waals surface area contributed by atoms with Crippen molar-refractivity contribution in [1.82, 2.24) is 0 Å². The molecule has 0 atom stereocenters. The number of unbranched alkanes of at least 4 members (excludes halogenated alkanes) is 1. The van der Waals surface area contributed by atoms with Gasteiger partial charge < -0.3 is 16.5 Å². The zero-order valence-corrected chi connectivity index (χ0v) is 22.8. The first-order valence-electron chi connectivity index (χ1n) is 8.84. The molecular weight excluding hydrogens is 468 g/mol. The third kappa shape index (κ3) is 7.09. The maximum absolute atomic E-state index is 6.61. The third-order valence-corrected chi connectivity index (χ3v) is 22.3.